The maximum atomic E-state index is 14.3. The van der Waals surface area contributed by atoms with Gasteiger partial charge in [0.25, 0.3) is 0 Å². The van der Waals surface area contributed by atoms with E-state index >= 15 is 0 Å². The summed E-state index contributed by atoms with van der Waals surface area (Å²) in [7, 11) is 0. The summed E-state index contributed by atoms with van der Waals surface area (Å²) in [6.45, 7) is -1.71. The molecule has 90 heavy (non-hydrogen) atoms. The third-order valence-electron chi connectivity index (χ3n) is 12.6. The first kappa shape index (κ1) is 79.1. The lowest BCUT2D eigenvalue weighted by atomic mass is 9.88. The van der Waals surface area contributed by atoms with E-state index in [-0.39, 0.29) is 94.1 Å². The van der Waals surface area contributed by atoms with Gasteiger partial charge in [-0.2, -0.15) is 173 Å². The van der Waals surface area contributed by atoms with Crippen LogP contribution in [-0.4, -0.2) is 140 Å². The SMILES string of the molecule is O=C(Oc1ccc(CCCSCCC(F)(F)C(F)(F)C(F)(F)C(F)(F)C(F)(F)C(F)(F)C(F)(F)C(F)(F)F)cc1CO)c1ccc(C(=O)Oc2ccc(CCCSCCC(F)(F)C(F)(F)C(F)(F)C(F)(F)C(F)(F)C(F)(F)C(F)(F)C(F)(F)F)cc2CO)cc1. The highest BCUT2D eigenvalue weighted by Crippen LogP contribution is 2.66. The van der Waals surface area contributed by atoms with E-state index in [1.54, 1.807) is 0 Å². The molecule has 42 heteroatoms. The number of hydrogen-bond donors (Lipinski definition) is 2. The normalized spacial score (nSPS) is 14.7. The number of halogens is 34. The molecule has 2 N–H and O–H groups in total. The average Bonchev–Trinajstić information content (AvgIpc) is 0.704. The Balaban J connectivity index is 1.55. The van der Waals surface area contributed by atoms with Gasteiger partial charge in [-0.25, -0.2) is 9.59 Å². The standard InChI is InChI=1S/C48H36F34O6S2/c49-33(50,35(53,54)37(57,58)39(61,62)41(65,66)43(69,70)45(73,74)47(77,78)79)13-17-89-15-1-3-23-5-11-29(27(19-23)21-83)87-31(85)25-7-9-26(10-8-25)32(86)88-30-12-6-24(20-28(30)22-84)4-2-16-90-18-14-34(51,52)36(55,56)38(59,60)40(63,64)42(67,68)44(71,72)46(75,76)48(80,81)82/h5-12,19-20,83-84H,1-4,13-18,21-22H2. The Kier molecular flexibility index (Phi) is 23.4. The first-order valence-electron chi connectivity index (χ1n) is 23.9. The summed E-state index contributed by atoms with van der Waals surface area (Å²) in [5.41, 5.74) is -0.284. The number of carbonyl (C=O) groups is 2. The predicted molar refractivity (Wildman–Crippen MR) is 243 cm³/mol. The molecular formula is C48H36F34O6S2. The molecule has 514 valence electrons. The molecule has 0 unspecified atom stereocenters. The Morgan fingerprint density at radius 1 is 0.333 bits per heavy atom. The van der Waals surface area contributed by atoms with Gasteiger partial charge < -0.3 is 19.7 Å². The zero-order chi connectivity index (χ0) is 70.2. The number of aliphatic hydroxyl groups excluding tert-OH is 2. The minimum atomic E-state index is -8.75. The van der Waals surface area contributed by atoms with Gasteiger partial charge in [-0.05, 0) is 108 Å². The smallest absolute Gasteiger partial charge is 0.423 e. The van der Waals surface area contributed by atoms with Crippen LogP contribution in [0.1, 0.15) is 68.7 Å². The van der Waals surface area contributed by atoms with Gasteiger partial charge in [-0.3, -0.25) is 0 Å². The van der Waals surface area contributed by atoms with Crippen LogP contribution in [0.3, 0.4) is 0 Å². The first-order valence-corrected chi connectivity index (χ1v) is 26.2. The molecule has 0 aromatic heterocycles. The summed E-state index contributed by atoms with van der Waals surface area (Å²) < 4.78 is 471. The van der Waals surface area contributed by atoms with Crippen LogP contribution >= 0.6 is 23.5 Å². The van der Waals surface area contributed by atoms with E-state index in [0.29, 0.717) is 0 Å². The van der Waals surface area contributed by atoms with Crippen molar-refractivity contribution < 1.29 is 179 Å². The molecule has 0 radical (unpaired) electrons. The number of benzene rings is 3. The van der Waals surface area contributed by atoms with Crippen LogP contribution in [0.5, 0.6) is 11.5 Å². The second-order valence-electron chi connectivity index (χ2n) is 18.8. The van der Waals surface area contributed by atoms with Crippen molar-refractivity contribution in [1.82, 2.24) is 0 Å². The molecule has 3 aromatic rings. The number of alkyl halides is 34. The monoisotopic (exact) mass is 1420 g/mol. The highest BCUT2D eigenvalue weighted by Gasteiger charge is 2.97. The summed E-state index contributed by atoms with van der Waals surface area (Å²) >= 11 is 0.361. The molecule has 0 fully saturated rings. The highest BCUT2D eigenvalue weighted by atomic mass is 32.2. The van der Waals surface area contributed by atoms with Gasteiger partial charge in [0, 0.05) is 24.0 Å². The van der Waals surface area contributed by atoms with Crippen LogP contribution in [-0.2, 0) is 26.1 Å². The molecule has 0 aliphatic rings. The van der Waals surface area contributed by atoms with Crippen molar-refractivity contribution in [3.8, 4) is 11.5 Å². The molecule has 0 aliphatic heterocycles. The van der Waals surface area contributed by atoms with Gasteiger partial charge in [0.05, 0.1) is 24.3 Å². The third kappa shape index (κ3) is 14.3. The molecule has 0 atom stereocenters. The van der Waals surface area contributed by atoms with Crippen LogP contribution in [0.15, 0.2) is 60.7 Å². The van der Waals surface area contributed by atoms with Crippen LogP contribution in [0.2, 0.25) is 0 Å². The lowest BCUT2D eigenvalue weighted by molar-refractivity contribution is -0.461. The Labute approximate surface area is 489 Å². The van der Waals surface area contributed by atoms with E-state index in [4.69, 9.17) is 9.47 Å². The number of thioether (sulfide) groups is 2. The molecular weight excluding hydrogens is 1380 g/mol. The minimum absolute atomic E-state index is 0.119. The molecule has 0 bridgehead atoms. The average molecular weight is 1420 g/mol. The lowest BCUT2D eigenvalue weighted by Crippen LogP contribution is -2.74. The van der Waals surface area contributed by atoms with Crippen molar-refractivity contribution >= 4 is 35.5 Å². The van der Waals surface area contributed by atoms with E-state index in [1.807, 2.05) is 0 Å². The molecule has 0 saturated carbocycles. The fraction of sp³-hybridized carbons (Fsp3) is 0.583. The number of aliphatic hydroxyl groups is 2. The number of esters is 2. The maximum Gasteiger partial charge on any atom is 0.460 e. The molecule has 3 rings (SSSR count). The Morgan fingerprint density at radius 3 is 0.822 bits per heavy atom. The third-order valence-corrected chi connectivity index (χ3v) is 14.7. The van der Waals surface area contributed by atoms with E-state index in [1.165, 1.54) is 24.3 Å². The van der Waals surface area contributed by atoms with Crippen molar-refractivity contribution in [2.24, 2.45) is 0 Å². The van der Waals surface area contributed by atoms with Crippen molar-refractivity contribution in [3.63, 3.8) is 0 Å². The molecule has 0 spiro atoms. The molecule has 0 amide bonds. The molecule has 3 aromatic carbocycles. The summed E-state index contributed by atoms with van der Waals surface area (Å²) in [5, 5.41) is 19.7. The number of rotatable bonds is 32. The van der Waals surface area contributed by atoms with E-state index in [0.717, 1.165) is 36.4 Å². The first-order chi connectivity index (χ1) is 40.3. The van der Waals surface area contributed by atoms with E-state index in [2.05, 4.69) is 0 Å². The van der Waals surface area contributed by atoms with E-state index in [9.17, 15) is 169 Å². The molecule has 0 aliphatic carbocycles. The number of carbonyl (C=O) groups excluding carboxylic acids is 2. The number of aryl methyl sites for hydroxylation is 2. The molecule has 0 saturated heterocycles. The van der Waals surface area contributed by atoms with Gasteiger partial charge in [0.2, 0.25) is 0 Å². The second kappa shape index (κ2) is 26.7. The predicted octanol–water partition coefficient (Wildman–Crippen LogP) is 17.2. The largest absolute Gasteiger partial charge is 0.460 e. The topological polar surface area (TPSA) is 93.1 Å². The Bertz CT molecular complexity index is 2750. The van der Waals surface area contributed by atoms with Gasteiger partial charge in [-0.1, -0.05) is 12.1 Å². The van der Waals surface area contributed by atoms with Crippen LogP contribution in [0.4, 0.5) is 149 Å². The van der Waals surface area contributed by atoms with Gasteiger partial charge in [-0.15, -0.1) is 0 Å². The number of hydrogen-bond acceptors (Lipinski definition) is 8. The van der Waals surface area contributed by atoms with Crippen molar-refractivity contribution in [1.29, 1.82) is 0 Å². The Hall–Kier alpha value is -5.16. The van der Waals surface area contributed by atoms with Gasteiger partial charge in [0.1, 0.15) is 11.5 Å². The highest BCUT2D eigenvalue weighted by molar-refractivity contribution is 7.99. The quantitative estimate of drug-likeness (QED) is 0.0276. The summed E-state index contributed by atoms with van der Waals surface area (Å²) in [4.78, 5) is 25.9. The molecule has 0 heterocycles. The zero-order valence-corrected chi connectivity index (χ0v) is 45.1. The van der Waals surface area contributed by atoms with Crippen LogP contribution < -0.4 is 9.47 Å². The van der Waals surface area contributed by atoms with Crippen molar-refractivity contribution in [2.45, 2.75) is 147 Å². The summed E-state index contributed by atoms with van der Waals surface area (Å²) in [6, 6.07) is 11.1. The fourth-order valence-electron chi connectivity index (χ4n) is 7.15. The van der Waals surface area contributed by atoms with Gasteiger partial charge >= 0.3 is 107 Å². The zero-order valence-electron chi connectivity index (χ0n) is 43.5. The maximum absolute atomic E-state index is 14.3. The summed E-state index contributed by atoms with van der Waals surface area (Å²) in [5.74, 6) is -121. The van der Waals surface area contributed by atoms with Crippen molar-refractivity contribution in [2.75, 3.05) is 23.0 Å². The van der Waals surface area contributed by atoms with Crippen LogP contribution in [0.25, 0.3) is 0 Å². The van der Waals surface area contributed by atoms with Gasteiger partial charge in [0.15, 0.2) is 0 Å². The summed E-state index contributed by atoms with van der Waals surface area (Å²) in [6.07, 6.45) is -21.6. The van der Waals surface area contributed by atoms with E-state index < -0.39 is 156 Å². The minimum Gasteiger partial charge on any atom is -0.423 e. The molecule has 6 nitrogen and oxygen atoms in total. The van der Waals surface area contributed by atoms with Crippen LogP contribution in [0, 0.1) is 0 Å². The van der Waals surface area contributed by atoms with Crippen molar-refractivity contribution in [3.05, 3.63) is 94.0 Å². The number of ether oxygens (including phenoxy) is 2. The lowest BCUT2D eigenvalue weighted by Gasteiger charge is -2.42. The Morgan fingerprint density at radius 2 is 0.578 bits per heavy atom. The second-order valence-corrected chi connectivity index (χ2v) is 21.2. The fourth-order valence-corrected chi connectivity index (χ4v) is 9.06.